The SMILES string of the molecule is O=C1C=Cc2c(c3[nH]c2o3)C1=O. The van der Waals surface area contributed by atoms with Crippen molar-refractivity contribution < 1.29 is 14.0 Å². The van der Waals surface area contributed by atoms with Crippen molar-refractivity contribution in [3.63, 3.8) is 0 Å². The summed E-state index contributed by atoms with van der Waals surface area (Å²) in [7, 11) is 0. The van der Waals surface area contributed by atoms with E-state index < -0.39 is 11.6 Å². The molecule has 3 aromatic rings. The predicted octanol–water partition coefficient (Wildman–Crippen LogP) is 0.977. The van der Waals surface area contributed by atoms with Gasteiger partial charge in [-0.3, -0.25) is 14.6 Å². The molecule has 1 aliphatic rings. The minimum absolute atomic E-state index is 0.387. The van der Waals surface area contributed by atoms with Gasteiger partial charge in [0.1, 0.15) is 0 Å². The van der Waals surface area contributed by atoms with Gasteiger partial charge in [-0.1, -0.05) is 0 Å². The fourth-order valence-corrected chi connectivity index (χ4v) is 1.42. The van der Waals surface area contributed by atoms with Crippen molar-refractivity contribution in [3.8, 4) is 0 Å². The average molecular weight is 161 g/mol. The molecule has 0 radical (unpaired) electrons. The Morgan fingerprint density at radius 1 is 1.17 bits per heavy atom. The van der Waals surface area contributed by atoms with Crippen LogP contribution >= 0.6 is 0 Å². The molecule has 12 heavy (non-hydrogen) atoms. The molecule has 0 atom stereocenters. The largest absolute Gasteiger partial charge is 0.423 e. The molecule has 0 amide bonds. The van der Waals surface area contributed by atoms with Gasteiger partial charge in [0.15, 0.2) is 0 Å². The lowest BCUT2D eigenvalue weighted by Crippen LogP contribution is -2.14. The van der Waals surface area contributed by atoms with Crippen molar-refractivity contribution >= 4 is 29.1 Å². The average Bonchev–Trinajstić information content (AvgIpc) is 2.48. The molecule has 0 saturated carbocycles. The van der Waals surface area contributed by atoms with Crippen LogP contribution in [0, 0.1) is 0 Å². The molecule has 0 aromatic carbocycles. The van der Waals surface area contributed by atoms with E-state index in [1.54, 1.807) is 6.08 Å². The fraction of sp³-hybridized carbons (Fsp3) is 0. The van der Waals surface area contributed by atoms with Crippen molar-refractivity contribution in [2.45, 2.75) is 0 Å². The van der Waals surface area contributed by atoms with Crippen LogP contribution in [0.1, 0.15) is 15.9 Å². The number of hydrogen-bond acceptors (Lipinski definition) is 3. The third kappa shape index (κ3) is 0.431. The number of carbonyl (C=O) groups is 2. The van der Waals surface area contributed by atoms with Gasteiger partial charge in [-0.05, 0) is 12.2 Å². The molecular formula is C8H3NO3. The smallest absolute Gasteiger partial charge is 0.239 e. The molecule has 4 heteroatoms. The second-order valence-corrected chi connectivity index (χ2v) is 2.70. The summed E-state index contributed by atoms with van der Waals surface area (Å²) >= 11 is 0. The van der Waals surface area contributed by atoms with E-state index >= 15 is 0 Å². The summed E-state index contributed by atoms with van der Waals surface area (Å²) in [6.07, 6.45) is 2.86. The number of carbonyl (C=O) groups excluding carboxylic acids is 2. The zero-order valence-corrected chi connectivity index (χ0v) is 5.88. The first-order valence-corrected chi connectivity index (χ1v) is 3.48. The van der Waals surface area contributed by atoms with E-state index in [2.05, 4.69) is 4.98 Å². The van der Waals surface area contributed by atoms with Gasteiger partial charge in [0, 0.05) is 0 Å². The van der Waals surface area contributed by atoms with E-state index in [1.807, 2.05) is 0 Å². The van der Waals surface area contributed by atoms with Crippen LogP contribution in [0.5, 0.6) is 0 Å². The molecule has 3 heterocycles. The quantitative estimate of drug-likeness (QED) is 0.585. The molecular weight excluding hydrogens is 158 g/mol. The minimum atomic E-state index is -0.486. The molecule has 0 unspecified atom stereocenters. The third-order valence-electron chi connectivity index (χ3n) is 2.02. The van der Waals surface area contributed by atoms with E-state index in [1.165, 1.54) is 6.08 Å². The van der Waals surface area contributed by atoms with E-state index in [0.29, 0.717) is 22.6 Å². The lowest BCUT2D eigenvalue weighted by Gasteiger charge is -1.97. The third-order valence-corrected chi connectivity index (χ3v) is 2.02. The van der Waals surface area contributed by atoms with Crippen LogP contribution in [0.25, 0.3) is 17.5 Å². The summed E-state index contributed by atoms with van der Waals surface area (Å²) in [5, 5.41) is 0. The number of rotatable bonds is 0. The highest BCUT2D eigenvalue weighted by Gasteiger charge is 2.31. The van der Waals surface area contributed by atoms with Crippen LogP contribution in [0.3, 0.4) is 0 Å². The summed E-state index contributed by atoms with van der Waals surface area (Å²) < 4.78 is 5.04. The van der Waals surface area contributed by atoms with Gasteiger partial charge in [-0.25, -0.2) is 0 Å². The molecule has 4 rings (SSSR count). The molecule has 58 valence electrons. The van der Waals surface area contributed by atoms with Crippen LogP contribution in [-0.4, -0.2) is 16.6 Å². The zero-order valence-electron chi connectivity index (χ0n) is 5.88. The van der Waals surface area contributed by atoms with Gasteiger partial charge in [-0.15, -0.1) is 0 Å². The molecule has 1 aliphatic carbocycles. The van der Waals surface area contributed by atoms with Gasteiger partial charge < -0.3 is 4.42 Å². The molecule has 0 aliphatic heterocycles. The fourth-order valence-electron chi connectivity index (χ4n) is 1.42. The predicted molar refractivity (Wildman–Crippen MR) is 40.1 cm³/mol. The molecule has 0 fully saturated rings. The second-order valence-electron chi connectivity index (χ2n) is 2.70. The number of hydrogen-bond donors (Lipinski definition) is 1. The Labute approximate surface area is 66.2 Å². The standard InChI is InChI=1S/C8H3NO3/c10-4-2-1-3-5(6(4)11)8-9-7(3)12-8/h1-2,9H. The number of furan rings is 1. The summed E-state index contributed by atoms with van der Waals surface area (Å²) in [5.74, 6) is -0.970. The second kappa shape index (κ2) is 1.50. The lowest BCUT2D eigenvalue weighted by molar-refractivity contribution is -0.110. The van der Waals surface area contributed by atoms with E-state index in [9.17, 15) is 9.59 Å². The van der Waals surface area contributed by atoms with Gasteiger partial charge in [0.25, 0.3) is 0 Å². The van der Waals surface area contributed by atoms with Gasteiger partial charge >= 0.3 is 0 Å². The maximum Gasteiger partial charge on any atom is 0.239 e. The Hall–Kier alpha value is -1.84. The Balaban J connectivity index is 2.43. The Morgan fingerprint density at radius 2 is 1.92 bits per heavy atom. The van der Waals surface area contributed by atoms with E-state index in [0.717, 1.165) is 0 Å². The Bertz CT molecular complexity index is 499. The molecule has 1 N–H and O–H groups in total. The van der Waals surface area contributed by atoms with Crippen LogP contribution in [0.2, 0.25) is 0 Å². The van der Waals surface area contributed by atoms with Crippen molar-refractivity contribution in [3.05, 3.63) is 17.2 Å². The van der Waals surface area contributed by atoms with Crippen LogP contribution in [0.4, 0.5) is 0 Å². The number of Topliss-reactive ketones (excluding diaryl/α,β-unsaturated/α-hetero) is 1. The monoisotopic (exact) mass is 161 g/mol. The first-order chi connectivity index (χ1) is 5.77. The van der Waals surface area contributed by atoms with E-state index in [4.69, 9.17) is 4.42 Å². The molecule has 3 aromatic heterocycles. The molecule has 2 bridgehead atoms. The lowest BCUT2D eigenvalue weighted by atomic mass is 10.0. The van der Waals surface area contributed by atoms with Crippen molar-refractivity contribution in [1.82, 2.24) is 4.98 Å². The first-order valence-electron chi connectivity index (χ1n) is 3.48. The summed E-state index contributed by atoms with van der Waals surface area (Å²) in [6.45, 7) is 0. The number of allylic oxidation sites excluding steroid dienone is 1. The molecule has 0 spiro atoms. The highest BCUT2D eigenvalue weighted by molar-refractivity contribution is 6.51. The summed E-state index contributed by atoms with van der Waals surface area (Å²) in [4.78, 5) is 25.0. The van der Waals surface area contributed by atoms with E-state index in [-0.39, 0.29) is 0 Å². The highest BCUT2D eigenvalue weighted by atomic mass is 16.4. The van der Waals surface area contributed by atoms with Crippen LogP contribution in [0.15, 0.2) is 10.5 Å². The highest BCUT2D eigenvalue weighted by Crippen LogP contribution is 2.32. The number of aromatic nitrogens is 1. The number of H-pyrrole nitrogens is 1. The zero-order chi connectivity index (χ0) is 8.29. The maximum atomic E-state index is 11.2. The summed E-state index contributed by atoms with van der Waals surface area (Å²) in [6, 6.07) is 0. The van der Waals surface area contributed by atoms with Crippen molar-refractivity contribution in [2.75, 3.05) is 0 Å². The summed E-state index contributed by atoms with van der Waals surface area (Å²) in [5.41, 5.74) is 2.09. The molecule has 0 saturated heterocycles. The minimum Gasteiger partial charge on any atom is -0.423 e. The van der Waals surface area contributed by atoms with Crippen LogP contribution < -0.4 is 0 Å². The van der Waals surface area contributed by atoms with Crippen LogP contribution in [-0.2, 0) is 4.79 Å². The number of ketones is 2. The van der Waals surface area contributed by atoms with Gasteiger partial charge in [-0.2, -0.15) is 0 Å². The molecule has 4 nitrogen and oxygen atoms in total. The maximum absolute atomic E-state index is 11.2. The van der Waals surface area contributed by atoms with Gasteiger partial charge in [0.05, 0.1) is 11.1 Å². The van der Waals surface area contributed by atoms with Crippen molar-refractivity contribution in [2.24, 2.45) is 0 Å². The van der Waals surface area contributed by atoms with Gasteiger partial charge in [0.2, 0.25) is 23.0 Å². The van der Waals surface area contributed by atoms with Crippen molar-refractivity contribution in [1.29, 1.82) is 0 Å². The number of aromatic amines is 1. The Kier molecular flexibility index (Phi) is 0.721. The Morgan fingerprint density at radius 3 is 2.67 bits per heavy atom. The topological polar surface area (TPSA) is 63.1 Å². The number of nitrogens with one attached hydrogen (secondary N) is 1. The first kappa shape index (κ1) is 5.77. The normalized spacial score (nSPS) is 16.3.